The molecule has 15 heavy (non-hydrogen) atoms. The van der Waals surface area contributed by atoms with Gasteiger partial charge in [-0.25, -0.2) is 0 Å². The Morgan fingerprint density at radius 2 is 2.07 bits per heavy atom. The van der Waals surface area contributed by atoms with Crippen LogP contribution in [0.15, 0.2) is 23.1 Å². The predicted octanol–water partition coefficient (Wildman–Crippen LogP) is 2.71. The highest BCUT2D eigenvalue weighted by molar-refractivity contribution is 7.99. The molecular formula is C12H20N2S. The summed E-state index contributed by atoms with van der Waals surface area (Å²) in [5, 5.41) is 0. The molecule has 3 heteroatoms. The maximum atomic E-state index is 5.83. The lowest BCUT2D eigenvalue weighted by Crippen LogP contribution is -2.19. The van der Waals surface area contributed by atoms with E-state index in [1.165, 1.54) is 16.1 Å². The minimum atomic E-state index is 0.614. The van der Waals surface area contributed by atoms with Crippen molar-refractivity contribution < 1.29 is 0 Å². The molecule has 0 aliphatic carbocycles. The van der Waals surface area contributed by atoms with Crippen LogP contribution < -0.4 is 10.6 Å². The highest BCUT2D eigenvalue weighted by atomic mass is 32.2. The second-order valence-corrected chi connectivity index (χ2v) is 4.71. The third-order valence-electron chi connectivity index (χ3n) is 2.50. The minimum Gasteiger partial charge on any atom is -0.375 e. The van der Waals surface area contributed by atoms with E-state index in [9.17, 15) is 0 Å². The molecule has 0 fully saturated rings. The summed E-state index contributed by atoms with van der Waals surface area (Å²) in [5.41, 5.74) is 8.37. The average molecular weight is 224 g/mol. The Balaban J connectivity index is 3.09. The molecule has 0 amide bonds. The van der Waals surface area contributed by atoms with Gasteiger partial charge < -0.3 is 10.6 Å². The predicted molar refractivity (Wildman–Crippen MR) is 69.7 cm³/mol. The molecule has 0 heterocycles. The minimum absolute atomic E-state index is 0.614. The first kappa shape index (κ1) is 12.4. The Bertz CT molecular complexity index is 312. The fraction of sp³-hybridized carbons (Fsp3) is 0.500. The molecule has 1 rings (SSSR count). The number of benzene rings is 1. The Labute approximate surface area is 96.8 Å². The molecule has 0 aliphatic heterocycles. The molecule has 1 aromatic rings. The zero-order valence-electron chi connectivity index (χ0n) is 9.79. The van der Waals surface area contributed by atoms with Crippen LogP contribution in [0.4, 0.5) is 5.69 Å². The maximum Gasteiger partial charge on any atom is 0.0420 e. The van der Waals surface area contributed by atoms with Crippen LogP contribution in [0.2, 0.25) is 0 Å². The van der Waals surface area contributed by atoms with E-state index in [1.807, 2.05) is 11.8 Å². The van der Waals surface area contributed by atoms with Gasteiger partial charge in [-0.3, -0.25) is 0 Å². The molecule has 0 aliphatic rings. The van der Waals surface area contributed by atoms with Gasteiger partial charge in [-0.05, 0) is 24.8 Å². The largest absolute Gasteiger partial charge is 0.375 e. The third-order valence-corrected chi connectivity index (χ3v) is 3.48. The molecule has 0 unspecified atom stereocenters. The number of thioether (sulfide) groups is 1. The van der Waals surface area contributed by atoms with E-state index < -0.39 is 0 Å². The molecule has 0 bridgehead atoms. The summed E-state index contributed by atoms with van der Waals surface area (Å²) in [5.74, 6) is 1.09. The second kappa shape index (κ2) is 6.03. The summed E-state index contributed by atoms with van der Waals surface area (Å²) in [7, 11) is 2.11. The van der Waals surface area contributed by atoms with E-state index in [2.05, 4.69) is 44.0 Å². The first-order chi connectivity index (χ1) is 7.24. The maximum absolute atomic E-state index is 5.83. The van der Waals surface area contributed by atoms with Gasteiger partial charge in [-0.1, -0.05) is 13.0 Å². The number of rotatable bonds is 5. The summed E-state index contributed by atoms with van der Waals surface area (Å²) in [6, 6.07) is 6.41. The summed E-state index contributed by atoms with van der Waals surface area (Å²) in [4.78, 5) is 3.56. The van der Waals surface area contributed by atoms with Crippen molar-refractivity contribution in [2.24, 2.45) is 5.73 Å². The lowest BCUT2D eigenvalue weighted by Gasteiger charge is -2.22. The Morgan fingerprint density at radius 1 is 1.33 bits per heavy atom. The van der Waals surface area contributed by atoms with E-state index in [0.29, 0.717) is 6.54 Å². The van der Waals surface area contributed by atoms with Gasteiger partial charge >= 0.3 is 0 Å². The van der Waals surface area contributed by atoms with Crippen LogP contribution in [0.25, 0.3) is 0 Å². The number of hydrogen-bond acceptors (Lipinski definition) is 3. The van der Waals surface area contributed by atoms with Crippen LogP contribution in [0.1, 0.15) is 19.4 Å². The van der Waals surface area contributed by atoms with Gasteiger partial charge in [0.15, 0.2) is 0 Å². The summed E-state index contributed by atoms with van der Waals surface area (Å²) < 4.78 is 0. The molecule has 0 saturated heterocycles. The molecule has 2 N–H and O–H groups in total. The standard InChI is InChI=1S/C12H20N2S/c1-4-14(3)11-7-6-8-12(15-5-2)10(11)9-13/h6-8H,4-5,9,13H2,1-3H3. The highest BCUT2D eigenvalue weighted by Gasteiger charge is 2.09. The van der Waals surface area contributed by atoms with Crippen molar-refractivity contribution in [2.75, 3.05) is 24.2 Å². The molecule has 1 aromatic carbocycles. The quantitative estimate of drug-likeness (QED) is 0.780. The molecule has 0 saturated carbocycles. The lowest BCUT2D eigenvalue weighted by molar-refractivity contribution is 0.926. The number of anilines is 1. The average Bonchev–Trinajstić information content (AvgIpc) is 2.28. The molecule has 0 aromatic heterocycles. The van der Waals surface area contributed by atoms with Crippen molar-refractivity contribution in [3.63, 3.8) is 0 Å². The molecule has 0 atom stereocenters. The van der Waals surface area contributed by atoms with Crippen molar-refractivity contribution in [2.45, 2.75) is 25.3 Å². The van der Waals surface area contributed by atoms with Gasteiger partial charge in [0.25, 0.3) is 0 Å². The highest BCUT2D eigenvalue weighted by Crippen LogP contribution is 2.29. The van der Waals surface area contributed by atoms with Crippen LogP contribution in [0, 0.1) is 0 Å². The first-order valence-corrected chi connectivity index (χ1v) is 6.39. The van der Waals surface area contributed by atoms with E-state index >= 15 is 0 Å². The second-order valence-electron chi connectivity index (χ2n) is 3.41. The summed E-state index contributed by atoms with van der Waals surface area (Å²) in [6.07, 6.45) is 0. The van der Waals surface area contributed by atoms with Crippen molar-refractivity contribution in [1.29, 1.82) is 0 Å². The van der Waals surface area contributed by atoms with Gasteiger partial charge in [0.2, 0.25) is 0 Å². The fourth-order valence-electron chi connectivity index (χ4n) is 1.58. The van der Waals surface area contributed by atoms with E-state index in [4.69, 9.17) is 5.73 Å². The van der Waals surface area contributed by atoms with Crippen molar-refractivity contribution in [3.8, 4) is 0 Å². The van der Waals surface area contributed by atoms with E-state index in [-0.39, 0.29) is 0 Å². The zero-order valence-corrected chi connectivity index (χ0v) is 10.6. The van der Waals surface area contributed by atoms with Crippen LogP contribution in [0.5, 0.6) is 0 Å². The van der Waals surface area contributed by atoms with Gasteiger partial charge in [0.1, 0.15) is 0 Å². The van der Waals surface area contributed by atoms with Crippen LogP contribution in [-0.2, 0) is 6.54 Å². The molecule has 2 nitrogen and oxygen atoms in total. The van der Waals surface area contributed by atoms with Crippen molar-refractivity contribution in [1.82, 2.24) is 0 Å². The molecule has 0 spiro atoms. The topological polar surface area (TPSA) is 29.3 Å². The van der Waals surface area contributed by atoms with Gasteiger partial charge in [0.05, 0.1) is 0 Å². The number of hydrogen-bond donors (Lipinski definition) is 1. The number of nitrogens with two attached hydrogens (primary N) is 1. The molecule has 0 radical (unpaired) electrons. The van der Waals surface area contributed by atoms with Gasteiger partial charge in [-0.2, -0.15) is 0 Å². The van der Waals surface area contributed by atoms with Crippen molar-refractivity contribution >= 4 is 17.4 Å². The van der Waals surface area contributed by atoms with Crippen LogP contribution in [0.3, 0.4) is 0 Å². The van der Waals surface area contributed by atoms with Crippen LogP contribution in [-0.4, -0.2) is 19.3 Å². The number of nitrogens with zero attached hydrogens (tertiary/aromatic N) is 1. The van der Waals surface area contributed by atoms with E-state index in [0.717, 1.165) is 12.3 Å². The molecule has 84 valence electrons. The van der Waals surface area contributed by atoms with Crippen molar-refractivity contribution in [3.05, 3.63) is 23.8 Å². The monoisotopic (exact) mass is 224 g/mol. The SMILES string of the molecule is CCSc1cccc(N(C)CC)c1CN. The Morgan fingerprint density at radius 3 is 2.60 bits per heavy atom. The third kappa shape index (κ3) is 2.89. The normalized spacial score (nSPS) is 10.4. The van der Waals surface area contributed by atoms with Crippen LogP contribution >= 0.6 is 11.8 Å². The Kier molecular flexibility index (Phi) is 4.99. The van der Waals surface area contributed by atoms with Gasteiger partial charge in [0, 0.05) is 36.3 Å². The fourth-order valence-corrected chi connectivity index (χ4v) is 2.43. The lowest BCUT2D eigenvalue weighted by atomic mass is 10.1. The zero-order chi connectivity index (χ0) is 11.3. The smallest absolute Gasteiger partial charge is 0.0420 e. The first-order valence-electron chi connectivity index (χ1n) is 5.40. The summed E-state index contributed by atoms with van der Waals surface area (Å²) >= 11 is 1.86. The van der Waals surface area contributed by atoms with Gasteiger partial charge in [-0.15, -0.1) is 11.8 Å². The van der Waals surface area contributed by atoms with E-state index in [1.54, 1.807) is 0 Å². The Hall–Kier alpha value is -0.670. The molecular weight excluding hydrogens is 204 g/mol. The summed E-state index contributed by atoms with van der Waals surface area (Å²) in [6.45, 7) is 5.94.